The summed E-state index contributed by atoms with van der Waals surface area (Å²) in [5.41, 5.74) is 0. The van der Waals surface area contributed by atoms with Gasteiger partial charge in [0.05, 0.1) is 13.0 Å². The molecule has 36 heavy (non-hydrogen) atoms. The van der Waals surface area contributed by atoms with E-state index in [1.54, 1.807) is 0 Å². The van der Waals surface area contributed by atoms with Gasteiger partial charge < -0.3 is 18.9 Å². The lowest BCUT2D eigenvalue weighted by atomic mass is 10.0. The molecule has 0 spiro atoms. The first kappa shape index (κ1) is 34.9. The molecule has 6 nitrogen and oxygen atoms in total. The maximum Gasteiger partial charge on any atom is 0.309 e. The maximum absolute atomic E-state index is 12.1. The van der Waals surface area contributed by atoms with Crippen LogP contribution in [-0.4, -0.2) is 50.6 Å². The van der Waals surface area contributed by atoms with Crippen LogP contribution in [-0.2, 0) is 28.5 Å². The number of carbonyl (C=O) groups is 2. The second-order valence-corrected chi connectivity index (χ2v) is 10.0. The normalized spacial score (nSPS) is 12.9. The van der Waals surface area contributed by atoms with Gasteiger partial charge in [-0.25, -0.2) is 0 Å². The molecule has 214 valence electrons. The van der Waals surface area contributed by atoms with Gasteiger partial charge >= 0.3 is 11.9 Å². The van der Waals surface area contributed by atoms with Gasteiger partial charge in [-0.05, 0) is 19.3 Å². The van der Waals surface area contributed by atoms with E-state index >= 15 is 0 Å². The number of ether oxygens (including phenoxy) is 4. The van der Waals surface area contributed by atoms with Gasteiger partial charge in [-0.1, -0.05) is 111 Å². The monoisotopic (exact) mass is 514 g/mol. The highest BCUT2D eigenvalue weighted by molar-refractivity contribution is 5.71. The fourth-order valence-corrected chi connectivity index (χ4v) is 4.09. The molecule has 0 aromatic rings. The summed E-state index contributed by atoms with van der Waals surface area (Å²) in [7, 11) is 0. The average Bonchev–Trinajstić information content (AvgIpc) is 2.85. The van der Waals surface area contributed by atoms with Crippen molar-refractivity contribution in [3.8, 4) is 0 Å². The summed E-state index contributed by atoms with van der Waals surface area (Å²) < 4.78 is 22.2. The van der Waals surface area contributed by atoms with Crippen molar-refractivity contribution in [1.82, 2.24) is 0 Å². The van der Waals surface area contributed by atoms with Crippen molar-refractivity contribution in [2.24, 2.45) is 0 Å². The lowest BCUT2D eigenvalue weighted by molar-refractivity contribution is -0.157. The standard InChI is InChI=1S/C30H58O6/c1-5-8-10-11-12-13-14-15-16-17-18-19-20-21-22-33-25-29(34-23-9-6-2)26-35-30(32)24-28(7-3)36-27(4)31/h28-29H,5-26H2,1-4H3. The highest BCUT2D eigenvalue weighted by Crippen LogP contribution is 2.13. The Kier molecular flexibility index (Phi) is 26.1. The number of rotatable bonds is 27. The minimum atomic E-state index is -0.439. The smallest absolute Gasteiger partial charge is 0.309 e. The van der Waals surface area contributed by atoms with Crippen LogP contribution in [0.4, 0.5) is 0 Å². The third kappa shape index (κ3) is 24.5. The number of unbranched alkanes of at least 4 members (excludes halogenated alkanes) is 14. The number of hydrogen-bond acceptors (Lipinski definition) is 6. The molecule has 0 fully saturated rings. The molecular formula is C30H58O6. The minimum Gasteiger partial charge on any atom is -0.463 e. The first-order valence-electron chi connectivity index (χ1n) is 15.1. The van der Waals surface area contributed by atoms with Gasteiger partial charge in [0.15, 0.2) is 0 Å². The highest BCUT2D eigenvalue weighted by atomic mass is 16.6. The van der Waals surface area contributed by atoms with Gasteiger partial charge in [-0.15, -0.1) is 0 Å². The molecule has 0 bridgehead atoms. The van der Waals surface area contributed by atoms with Gasteiger partial charge in [-0.2, -0.15) is 0 Å². The van der Waals surface area contributed by atoms with E-state index in [1.165, 1.54) is 90.4 Å². The second kappa shape index (κ2) is 26.9. The first-order chi connectivity index (χ1) is 17.5. The summed E-state index contributed by atoms with van der Waals surface area (Å²) in [5.74, 6) is -0.758. The predicted octanol–water partition coefficient (Wildman–Crippen LogP) is 7.94. The number of carbonyl (C=O) groups excluding carboxylic acids is 2. The van der Waals surface area contributed by atoms with Crippen LogP contribution in [0.3, 0.4) is 0 Å². The molecule has 0 aliphatic heterocycles. The van der Waals surface area contributed by atoms with Crippen LogP contribution in [0, 0.1) is 0 Å². The van der Waals surface area contributed by atoms with Crippen LogP contribution >= 0.6 is 0 Å². The van der Waals surface area contributed by atoms with E-state index in [1.807, 2.05) is 6.92 Å². The van der Waals surface area contributed by atoms with Crippen LogP contribution < -0.4 is 0 Å². The van der Waals surface area contributed by atoms with Crippen molar-refractivity contribution < 1.29 is 28.5 Å². The molecule has 0 amide bonds. The fourth-order valence-electron chi connectivity index (χ4n) is 4.09. The van der Waals surface area contributed by atoms with Crippen LogP contribution in [0.15, 0.2) is 0 Å². The van der Waals surface area contributed by atoms with Crippen LogP contribution in [0.25, 0.3) is 0 Å². The number of esters is 2. The average molecular weight is 515 g/mol. The van der Waals surface area contributed by atoms with E-state index in [-0.39, 0.29) is 31.1 Å². The Hall–Kier alpha value is -1.14. The molecule has 0 aromatic carbocycles. The molecule has 0 aliphatic carbocycles. The molecule has 2 unspecified atom stereocenters. The molecule has 0 heterocycles. The molecule has 0 N–H and O–H groups in total. The lowest BCUT2D eigenvalue weighted by Gasteiger charge is -2.19. The van der Waals surface area contributed by atoms with Crippen molar-refractivity contribution in [3.63, 3.8) is 0 Å². The molecule has 0 saturated carbocycles. The maximum atomic E-state index is 12.1. The zero-order valence-electron chi connectivity index (χ0n) is 24.2. The summed E-state index contributed by atoms with van der Waals surface area (Å²) in [6, 6.07) is 0. The molecule has 0 aromatic heterocycles. The summed E-state index contributed by atoms with van der Waals surface area (Å²) in [6.45, 7) is 9.55. The van der Waals surface area contributed by atoms with Crippen LogP contribution in [0.1, 0.15) is 143 Å². The Morgan fingerprint density at radius 1 is 0.611 bits per heavy atom. The van der Waals surface area contributed by atoms with Gasteiger partial charge in [0, 0.05) is 20.1 Å². The van der Waals surface area contributed by atoms with Gasteiger partial charge in [0.2, 0.25) is 0 Å². The van der Waals surface area contributed by atoms with E-state index in [4.69, 9.17) is 18.9 Å². The molecule has 0 rings (SSSR count). The molecule has 2 atom stereocenters. The van der Waals surface area contributed by atoms with Crippen molar-refractivity contribution in [2.45, 2.75) is 155 Å². The van der Waals surface area contributed by atoms with E-state index < -0.39 is 6.10 Å². The van der Waals surface area contributed by atoms with Crippen LogP contribution in [0.5, 0.6) is 0 Å². The molecule has 0 aliphatic rings. The summed E-state index contributed by atoms with van der Waals surface area (Å²) in [6.07, 6.45) is 20.7. The third-order valence-electron chi connectivity index (χ3n) is 6.41. The Balaban J connectivity index is 3.81. The van der Waals surface area contributed by atoms with Gasteiger partial charge in [-0.3, -0.25) is 9.59 Å². The first-order valence-corrected chi connectivity index (χ1v) is 15.1. The van der Waals surface area contributed by atoms with E-state index in [0.29, 0.717) is 26.2 Å². The molecular weight excluding hydrogens is 456 g/mol. The van der Waals surface area contributed by atoms with E-state index in [0.717, 1.165) is 19.3 Å². The van der Waals surface area contributed by atoms with Crippen molar-refractivity contribution >= 4 is 11.9 Å². The second-order valence-electron chi connectivity index (χ2n) is 10.0. The molecule has 6 heteroatoms. The Labute approximate surface area is 222 Å². The number of hydrogen-bond donors (Lipinski definition) is 0. The van der Waals surface area contributed by atoms with Crippen LogP contribution in [0.2, 0.25) is 0 Å². The topological polar surface area (TPSA) is 71.1 Å². The predicted molar refractivity (Wildman–Crippen MR) is 147 cm³/mol. The van der Waals surface area contributed by atoms with Crippen molar-refractivity contribution in [1.29, 1.82) is 0 Å². The summed E-state index contributed by atoms with van der Waals surface area (Å²) >= 11 is 0. The Morgan fingerprint density at radius 2 is 1.14 bits per heavy atom. The lowest BCUT2D eigenvalue weighted by Crippen LogP contribution is -2.29. The van der Waals surface area contributed by atoms with Crippen molar-refractivity contribution in [2.75, 3.05) is 26.4 Å². The zero-order valence-corrected chi connectivity index (χ0v) is 24.2. The summed E-state index contributed by atoms with van der Waals surface area (Å²) in [5, 5.41) is 0. The van der Waals surface area contributed by atoms with Crippen molar-refractivity contribution in [3.05, 3.63) is 0 Å². The minimum absolute atomic E-state index is 0.0671. The summed E-state index contributed by atoms with van der Waals surface area (Å²) in [4.78, 5) is 23.3. The fraction of sp³-hybridized carbons (Fsp3) is 0.933. The largest absolute Gasteiger partial charge is 0.463 e. The quantitative estimate of drug-likeness (QED) is 0.0818. The Morgan fingerprint density at radius 3 is 1.64 bits per heavy atom. The third-order valence-corrected chi connectivity index (χ3v) is 6.41. The van der Waals surface area contributed by atoms with Gasteiger partial charge in [0.1, 0.15) is 18.8 Å². The molecule has 0 radical (unpaired) electrons. The Bertz CT molecular complexity index is 496. The SMILES string of the molecule is CCCCCCCCCCCCCCCCOCC(COC(=O)CC(CC)OC(C)=O)OCCCC. The zero-order chi connectivity index (χ0) is 26.7. The van der Waals surface area contributed by atoms with E-state index in [2.05, 4.69) is 13.8 Å². The van der Waals surface area contributed by atoms with E-state index in [9.17, 15) is 9.59 Å². The molecule has 0 saturated heterocycles. The highest BCUT2D eigenvalue weighted by Gasteiger charge is 2.18. The van der Waals surface area contributed by atoms with Gasteiger partial charge in [0.25, 0.3) is 0 Å².